The van der Waals surface area contributed by atoms with Crippen molar-refractivity contribution >= 4 is 11.6 Å². The minimum Gasteiger partial charge on any atom is -0.454 e. The van der Waals surface area contributed by atoms with Crippen molar-refractivity contribution < 1.29 is 9.47 Å². The second-order valence-corrected chi connectivity index (χ2v) is 4.73. The van der Waals surface area contributed by atoms with Crippen molar-refractivity contribution in [3.63, 3.8) is 0 Å². The van der Waals surface area contributed by atoms with Gasteiger partial charge in [0.05, 0.1) is 5.02 Å². The van der Waals surface area contributed by atoms with Gasteiger partial charge in [-0.2, -0.15) is 0 Å². The van der Waals surface area contributed by atoms with E-state index in [1.54, 1.807) is 0 Å². The summed E-state index contributed by atoms with van der Waals surface area (Å²) in [6.45, 7) is 1.12. The summed E-state index contributed by atoms with van der Waals surface area (Å²) in [6.07, 6.45) is 3.93. The van der Waals surface area contributed by atoms with Crippen LogP contribution in [0.1, 0.15) is 24.8 Å². The van der Waals surface area contributed by atoms with Crippen LogP contribution in [0.2, 0.25) is 5.02 Å². The molecule has 0 aromatic heterocycles. The zero-order valence-corrected chi connectivity index (χ0v) is 9.72. The minimum absolute atomic E-state index is 0.272. The Hall–Kier alpha value is -0.930. The summed E-state index contributed by atoms with van der Waals surface area (Å²) in [5.74, 6) is 1.44. The molecule has 1 heterocycles. The lowest BCUT2D eigenvalue weighted by Gasteiger charge is -2.26. The Bertz CT molecular complexity index is 404. The molecular weight excluding hydrogens is 226 g/mol. The number of fused-ring (bicyclic) bond motifs is 1. The predicted molar refractivity (Wildman–Crippen MR) is 62.1 cm³/mol. The summed E-state index contributed by atoms with van der Waals surface area (Å²) >= 11 is 6.11. The second kappa shape index (κ2) is 4.15. The zero-order chi connectivity index (χ0) is 11.0. The molecule has 0 atom stereocenters. The first-order valence-corrected chi connectivity index (χ1v) is 6.02. The Morgan fingerprint density at radius 2 is 2.19 bits per heavy atom. The van der Waals surface area contributed by atoms with Crippen LogP contribution in [0.25, 0.3) is 0 Å². The molecule has 1 aromatic rings. The van der Waals surface area contributed by atoms with E-state index in [0.717, 1.165) is 17.9 Å². The van der Waals surface area contributed by atoms with Crippen LogP contribution in [-0.4, -0.2) is 12.8 Å². The first-order valence-electron chi connectivity index (χ1n) is 5.64. The summed E-state index contributed by atoms with van der Waals surface area (Å²) < 4.78 is 10.6. The summed E-state index contributed by atoms with van der Waals surface area (Å²) in [7, 11) is 0. The molecule has 0 amide bonds. The van der Waals surface area contributed by atoms with Gasteiger partial charge in [0, 0.05) is 12.6 Å². The highest BCUT2D eigenvalue weighted by Gasteiger charge is 2.20. The summed E-state index contributed by atoms with van der Waals surface area (Å²) in [5.41, 5.74) is 1.15. The maximum Gasteiger partial charge on any atom is 0.231 e. The average Bonchev–Trinajstić information content (AvgIpc) is 2.63. The third-order valence-electron chi connectivity index (χ3n) is 3.19. The van der Waals surface area contributed by atoms with E-state index in [1.165, 1.54) is 19.3 Å². The van der Waals surface area contributed by atoms with Gasteiger partial charge in [0.25, 0.3) is 0 Å². The molecule has 0 radical (unpaired) electrons. The van der Waals surface area contributed by atoms with Gasteiger partial charge >= 0.3 is 0 Å². The van der Waals surface area contributed by atoms with Crippen molar-refractivity contribution in [3.8, 4) is 11.5 Å². The fourth-order valence-electron chi connectivity index (χ4n) is 2.00. The molecule has 1 aliphatic heterocycles. The number of halogens is 1. The molecule has 4 heteroatoms. The van der Waals surface area contributed by atoms with Gasteiger partial charge in [-0.05, 0) is 30.5 Å². The van der Waals surface area contributed by atoms with E-state index in [1.807, 2.05) is 12.1 Å². The van der Waals surface area contributed by atoms with Gasteiger partial charge in [0.15, 0.2) is 11.5 Å². The molecule has 1 aliphatic carbocycles. The van der Waals surface area contributed by atoms with Gasteiger partial charge in [0.2, 0.25) is 6.79 Å². The van der Waals surface area contributed by atoms with Gasteiger partial charge in [-0.15, -0.1) is 0 Å². The highest BCUT2D eigenvalue weighted by molar-refractivity contribution is 6.32. The Labute approximate surface area is 99.7 Å². The molecule has 3 nitrogen and oxygen atoms in total. The Morgan fingerprint density at radius 1 is 1.31 bits per heavy atom. The first-order chi connectivity index (χ1) is 7.83. The molecule has 1 fully saturated rings. The molecule has 0 unspecified atom stereocenters. The largest absolute Gasteiger partial charge is 0.454 e. The molecule has 2 aliphatic rings. The molecule has 0 saturated heterocycles. The SMILES string of the molecule is Clc1cc(CNC2CCC2)cc2c1OCO2. The third-order valence-corrected chi connectivity index (χ3v) is 3.47. The minimum atomic E-state index is 0.272. The summed E-state index contributed by atoms with van der Waals surface area (Å²) in [5, 5.41) is 4.14. The maximum atomic E-state index is 6.11. The van der Waals surface area contributed by atoms with Crippen LogP contribution in [-0.2, 0) is 6.54 Å². The Balaban J connectivity index is 1.72. The molecule has 0 bridgehead atoms. The molecule has 1 aromatic carbocycles. The predicted octanol–water partition coefficient (Wildman–Crippen LogP) is 2.71. The summed E-state index contributed by atoms with van der Waals surface area (Å²) in [6, 6.07) is 4.63. The molecule has 3 rings (SSSR count). The van der Waals surface area contributed by atoms with E-state index >= 15 is 0 Å². The fraction of sp³-hybridized carbons (Fsp3) is 0.500. The Morgan fingerprint density at radius 3 is 2.94 bits per heavy atom. The van der Waals surface area contributed by atoms with E-state index in [9.17, 15) is 0 Å². The molecule has 16 heavy (non-hydrogen) atoms. The normalized spacial score (nSPS) is 18.6. The number of hydrogen-bond acceptors (Lipinski definition) is 3. The van der Waals surface area contributed by atoms with Crippen molar-refractivity contribution in [3.05, 3.63) is 22.7 Å². The quantitative estimate of drug-likeness (QED) is 0.880. The molecule has 86 valence electrons. The maximum absolute atomic E-state index is 6.11. The van der Waals surface area contributed by atoms with Gasteiger partial charge < -0.3 is 14.8 Å². The van der Waals surface area contributed by atoms with Gasteiger partial charge in [-0.1, -0.05) is 18.0 Å². The average molecular weight is 240 g/mol. The van der Waals surface area contributed by atoms with Crippen molar-refractivity contribution in [2.75, 3.05) is 6.79 Å². The van der Waals surface area contributed by atoms with Gasteiger partial charge in [-0.3, -0.25) is 0 Å². The van der Waals surface area contributed by atoms with Crippen molar-refractivity contribution in [1.82, 2.24) is 5.32 Å². The fourth-order valence-corrected chi connectivity index (χ4v) is 2.29. The number of nitrogens with one attached hydrogen (secondary N) is 1. The van der Waals surface area contributed by atoms with Crippen LogP contribution in [0.4, 0.5) is 0 Å². The lowest BCUT2D eigenvalue weighted by molar-refractivity contribution is 0.174. The lowest BCUT2D eigenvalue weighted by Crippen LogP contribution is -2.34. The van der Waals surface area contributed by atoms with Crippen molar-refractivity contribution in [2.45, 2.75) is 31.8 Å². The monoisotopic (exact) mass is 239 g/mol. The van der Waals surface area contributed by atoms with Gasteiger partial charge in [-0.25, -0.2) is 0 Å². The number of ether oxygens (including phenoxy) is 2. The summed E-state index contributed by atoms with van der Waals surface area (Å²) in [4.78, 5) is 0. The van der Waals surface area contributed by atoms with E-state index in [0.29, 0.717) is 16.8 Å². The smallest absolute Gasteiger partial charge is 0.231 e. The first kappa shape index (κ1) is 10.2. The van der Waals surface area contributed by atoms with Crippen LogP contribution < -0.4 is 14.8 Å². The van der Waals surface area contributed by atoms with Crippen molar-refractivity contribution in [1.29, 1.82) is 0 Å². The lowest BCUT2D eigenvalue weighted by atomic mass is 9.93. The third kappa shape index (κ3) is 1.85. The standard InChI is InChI=1S/C12H14ClNO2/c13-10-4-8(6-14-9-2-1-3-9)5-11-12(10)16-7-15-11/h4-5,9,14H,1-3,6-7H2. The van der Waals surface area contributed by atoms with Crippen LogP contribution in [0.15, 0.2) is 12.1 Å². The van der Waals surface area contributed by atoms with Crippen molar-refractivity contribution in [2.24, 2.45) is 0 Å². The Kier molecular flexibility index (Phi) is 2.65. The second-order valence-electron chi connectivity index (χ2n) is 4.32. The van der Waals surface area contributed by atoms with E-state index in [2.05, 4.69) is 5.32 Å². The number of benzene rings is 1. The van der Waals surface area contributed by atoms with E-state index in [-0.39, 0.29) is 6.79 Å². The molecule has 1 N–H and O–H groups in total. The number of rotatable bonds is 3. The van der Waals surface area contributed by atoms with Crippen LogP contribution >= 0.6 is 11.6 Å². The molecule has 1 saturated carbocycles. The van der Waals surface area contributed by atoms with E-state index in [4.69, 9.17) is 21.1 Å². The van der Waals surface area contributed by atoms with Crippen LogP contribution in [0.3, 0.4) is 0 Å². The molecular formula is C12H14ClNO2. The molecule has 0 spiro atoms. The van der Waals surface area contributed by atoms with Crippen LogP contribution in [0, 0.1) is 0 Å². The highest BCUT2D eigenvalue weighted by Crippen LogP contribution is 2.39. The van der Waals surface area contributed by atoms with Crippen LogP contribution in [0.5, 0.6) is 11.5 Å². The number of hydrogen-bond donors (Lipinski definition) is 1. The highest BCUT2D eigenvalue weighted by atomic mass is 35.5. The van der Waals surface area contributed by atoms with E-state index < -0.39 is 0 Å². The topological polar surface area (TPSA) is 30.5 Å². The zero-order valence-electron chi connectivity index (χ0n) is 8.96. The van der Waals surface area contributed by atoms with Gasteiger partial charge in [0.1, 0.15) is 0 Å².